The summed E-state index contributed by atoms with van der Waals surface area (Å²) in [6.45, 7) is 9.54. The molecule has 1 aliphatic heterocycles. The number of carbonyl (C=O) groups is 14. The first-order valence-corrected chi connectivity index (χ1v) is 50.8. The highest BCUT2D eigenvalue weighted by atomic mass is 127. The first-order valence-electron chi connectivity index (χ1n) is 49.3. The fourth-order valence-electron chi connectivity index (χ4n) is 14.6. The molecule has 4 aromatic rings. The number of nitrogens with one attached hydrogen (secondary N) is 10. The molecule has 12 amide bonds. The second-order valence-corrected chi connectivity index (χ2v) is 35.8. The topological polar surface area (TPSA) is 689 Å². The molecular formula is C95H150IN21O29S. The molecule has 0 spiro atoms. The normalized spacial score (nSPS) is 14.1. The molecule has 5 unspecified atom stereocenters. The van der Waals surface area contributed by atoms with E-state index in [2.05, 4.69) is 98.2 Å². The minimum absolute atomic E-state index is 0.00410. The maximum absolute atomic E-state index is 13.7. The highest BCUT2D eigenvalue weighted by molar-refractivity contribution is 14.1. The van der Waals surface area contributed by atoms with Crippen LogP contribution in [0.3, 0.4) is 0 Å². The van der Waals surface area contributed by atoms with Crippen molar-refractivity contribution in [2.24, 2.45) is 22.9 Å². The van der Waals surface area contributed by atoms with Crippen LogP contribution in [-0.4, -0.2) is 417 Å². The van der Waals surface area contributed by atoms with Gasteiger partial charge in [-0.25, -0.2) is 28.7 Å². The Kier molecular flexibility index (Phi) is 67.1. The van der Waals surface area contributed by atoms with Crippen LogP contribution in [0.4, 0.5) is 21.0 Å². The number of benzene rings is 3. The first kappa shape index (κ1) is 126. The highest BCUT2D eigenvalue weighted by Gasteiger charge is 2.30. The van der Waals surface area contributed by atoms with E-state index in [1.807, 2.05) is 56.0 Å². The Morgan fingerprint density at radius 1 is 0.401 bits per heavy atom. The zero-order chi connectivity index (χ0) is 107. The Labute approximate surface area is 874 Å². The Morgan fingerprint density at radius 3 is 1.34 bits per heavy atom. The summed E-state index contributed by atoms with van der Waals surface area (Å²) in [4.78, 5) is 179. The van der Waals surface area contributed by atoms with Gasteiger partial charge in [-0.3, -0.25) is 62.8 Å². The Morgan fingerprint density at radius 2 is 0.837 bits per heavy atom. The molecule has 147 heavy (non-hydrogen) atoms. The number of aliphatic carboxylic acids is 4. The maximum Gasteiger partial charge on any atom is 0.326 e. The molecule has 22 N–H and O–H groups in total. The standard InChI is InChI=1S/C95H150IN21O29S/c96-72-20-16-69(17-21-72)9-7-15-85(122)101-28-4-2-13-77(90(128)129)108-87(124)27-40-137-44-48-141-51-53-143-55-57-145-59-60-146-58-56-144-54-52-142-49-45-138-41-31-102-89(127)76(12-1-6-30-104-95(147)106-73-22-18-70(19-23-73)61-75-63-115(67-83(99)120)35-34-113(65-81(97)118)32-33-114(66-82(98)119)36-37-116(75)68-84(100)121)107-86(123)26-39-136-43-47-140-50-46-139-42-38-117-64-80(111-112-117)71-10-8-11-74(62-71)105-93(134)103-29-5-3-14-78(91(130)131)109-94(135)110-79(92(132)133)24-25-88(125)126/h8,10-11,16-23,62,64,75-79H,1-7,9,12-15,24-61,63,65-68H2,(H2,97,118)(H2,98,119)(H2,99,120)(H2,100,121)(H,101,122)(H,102,127)(H,107,123)(H,108,124)(H,125,126)(H,128,129)(H,130,131)(H,132,133)(H2,103,105,134)(H2,104,106,147)(H2,109,110,135). The number of rotatable bonds is 82. The van der Waals surface area contributed by atoms with Crippen LogP contribution >= 0.6 is 34.8 Å². The molecule has 0 radical (unpaired) electrons. The van der Waals surface area contributed by atoms with Gasteiger partial charge >= 0.3 is 35.9 Å². The van der Waals surface area contributed by atoms with Gasteiger partial charge in [0.25, 0.3) is 0 Å². The molecule has 3 aromatic carbocycles. The van der Waals surface area contributed by atoms with Gasteiger partial charge in [0.15, 0.2) is 5.11 Å². The van der Waals surface area contributed by atoms with E-state index < -0.39 is 114 Å². The van der Waals surface area contributed by atoms with Crippen LogP contribution in [0.2, 0.25) is 0 Å². The average Bonchev–Trinajstić information content (AvgIpc) is 1.81. The van der Waals surface area contributed by atoms with E-state index in [0.29, 0.717) is 204 Å². The predicted molar refractivity (Wildman–Crippen MR) is 549 cm³/mol. The van der Waals surface area contributed by atoms with Crippen molar-refractivity contribution in [1.29, 1.82) is 0 Å². The number of nitrogens with two attached hydrogens (primary N) is 4. The third-order valence-corrected chi connectivity index (χ3v) is 23.1. The van der Waals surface area contributed by atoms with Crippen molar-refractivity contribution in [1.82, 2.24) is 77.1 Å². The van der Waals surface area contributed by atoms with Crippen LogP contribution in [0, 0.1) is 3.57 Å². The van der Waals surface area contributed by atoms with Gasteiger partial charge in [0.1, 0.15) is 29.9 Å². The number of anilines is 2. The second-order valence-electron chi connectivity index (χ2n) is 34.1. The number of urea groups is 2. The molecule has 1 fully saturated rings. The molecule has 5 atom stereocenters. The SMILES string of the molecule is NC(=O)CN1CCN(CC(N)=O)CCN(CC(N)=O)C(Cc2ccc(NC(=S)NCCCCC(NC(=O)CCOCCOCCOCCn3cc(-c4cccc(NC(=O)NCCCCC(NC(=O)NC(CCC(=O)O)C(=O)O)C(=O)O)c4)nn3)C(=O)NCCOCCOCCOCCOCCOCCOCCOCCOCCC(=O)NC(CCCCNC(=O)CCCc3ccc(I)cc3)C(=O)O)cc2)CN(CC(N)=O)CC1. The summed E-state index contributed by atoms with van der Waals surface area (Å²) in [6.07, 6.45) is 6.35. The van der Waals surface area contributed by atoms with E-state index in [0.717, 1.165) is 22.0 Å². The first-order chi connectivity index (χ1) is 70.9. The number of aryl methyl sites for hydroxylation is 1. The lowest BCUT2D eigenvalue weighted by molar-refractivity contribution is -0.142. The van der Waals surface area contributed by atoms with Gasteiger partial charge in [-0.15, -0.1) is 5.10 Å². The number of carboxylic acids is 4. The smallest absolute Gasteiger partial charge is 0.326 e. The fourth-order valence-corrected chi connectivity index (χ4v) is 15.2. The number of hydrogen-bond acceptors (Lipinski definition) is 32. The van der Waals surface area contributed by atoms with Crippen molar-refractivity contribution < 1.29 is 140 Å². The molecule has 0 saturated carbocycles. The summed E-state index contributed by atoms with van der Waals surface area (Å²) >= 11 is 7.92. The van der Waals surface area contributed by atoms with Gasteiger partial charge in [-0.2, -0.15) is 0 Å². The number of carbonyl (C=O) groups excluding carboxylic acids is 10. The zero-order valence-electron chi connectivity index (χ0n) is 83.5. The molecule has 822 valence electrons. The molecule has 0 aliphatic carbocycles. The highest BCUT2D eigenvalue weighted by Crippen LogP contribution is 2.22. The van der Waals surface area contributed by atoms with Gasteiger partial charge in [0.05, 0.1) is 184 Å². The van der Waals surface area contributed by atoms with E-state index in [9.17, 15) is 82.4 Å². The number of thiocarbonyl (C=S) groups is 1. The number of aromatic nitrogens is 3. The van der Waals surface area contributed by atoms with Crippen LogP contribution in [0.15, 0.2) is 79.0 Å². The van der Waals surface area contributed by atoms with Crippen LogP contribution in [0.25, 0.3) is 11.3 Å². The number of nitrogens with zero attached hydrogens (tertiary/aromatic N) is 7. The minimum Gasteiger partial charge on any atom is -0.481 e. The Balaban J connectivity index is 0.949. The van der Waals surface area contributed by atoms with Crippen molar-refractivity contribution in [3.8, 4) is 11.3 Å². The lowest BCUT2D eigenvalue weighted by Gasteiger charge is -2.38. The quantitative estimate of drug-likeness (QED) is 0.0152. The van der Waals surface area contributed by atoms with E-state index in [1.165, 1.54) is 5.56 Å². The summed E-state index contributed by atoms with van der Waals surface area (Å²) in [5.41, 5.74) is 27.1. The number of ether oxygens (including phenoxy) is 11. The second kappa shape index (κ2) is 78.1. The molecule has 1 aromatic heterocycles. The van der Waals surface area contributed by atoms with Crippen molar-refractivity contribution in [3.63, 3.8) is 0 Å². The van der Waals surface area contributed by atoms with E-state index in [-0.39, 0.29) is 169 Å². The zero-order valence-corrected chi connectivity index (χ0v) is 86.5. The molecule has 52 heteroatoms. The van der Waals surface area contributed by atoms with Gasteiger partial charge in [0.2, 0.25) is 47.3 Å². The van der Waals surface area contributed by atoms with Gasteiger partial charge in [-0.1, -0.05) is 41.6 Å². The number of primary amides is 4. The van der Waals surface area contributed by atoms with Crippen molar-refractivity contribution >= 4 is 134 Å². The molecular weight excluding hydrogens is 2060 g/mol. The number of amides is 12. The summed E-state index contributed by atoms with van der Waals surface area (Å²) in [7, 11) is 0. The fraction of sp³-hybridized carbons (Fsp3) is 0.632. The lowest BCUT2D eigenvalue weighted by atomic mass is 10.0. The molecule has 1 saturated heterocycles. The third-order valence-electron chi connectivity index (χ3n) is 22.2. The molecule has 0 bridgehead atoms. The average molecular weight is 2210 g/mol. The van der Waals surface area contributed by atoms with Crippen LogP contribution in [0.5, 0.6) is 0 Å². The van der Waals surface area contributed by atoms with Gasteiger partial charge < -0.3 is 149 Å². The largest absolute Gasteiger partial charge is 0.481 e. The van der Waals surface area contributed by atoms with Crippen LogP contribution in [-0.2, 0) is 129 Å². The number of unbranched alkanes of at least 4 members (excludes halogenated alkanes) is 3. The molecule has 50 nitrogen and oxygen atoms in total. The van der Waals surface area contributed by atoms with E-state index in [4.69, 9.17) is 92.4 Å². The van der Waals surface area contributed by atoms with Crippen molar-refractivity contribution in [3.05, 3.63) is 93.7 Å². The Bertz CT molecular complexity index is 4550. The molecule has 1 aliphatic rings. The van der Waals surface area contributed by atoms with E-state index >= 15 is 0 Å². The van der Waals surface area contributed by atoms with Gasteiger partial charge in [-0.05, 0) is 166 Å². The number of halogens is 1. The van der Waals surface area contributed by atoms with E-state index in [1.54, 1.807) is 35.1 Å². The van der Waals surface area contributed by atoms with Crippen LogP contribution in [0.1, 0.15) is 107 Å². The summed E-state index contributed by atoms with van der Waals surface area (Å²) in [5.74, 6) is -8.73. The third kappa shape index (κ3) is 63.3. The van der Waals surface area contributed by atoms with Gasteiger partial charge in [0, 0.05) is 124 Å². The van der Waals surface area contributed by atoms with Crippen molar-refractivity contribution in [2.75, 3.05) is 254 Å². The summed E-state index contributed by atoms with van der Waals surface area (Å²) < 4.78 is 64.5. The minimum atomic E-state index is -1.54. The monoisotopic (exact) mass is 2210 g/mol. The molecule has 2 heterocycles. The maximum atomic E-state index is 13.7. The summed E-state index contributed by atoms with van der Waals surface area (Å²) in [6, 6.07) is 15.7. The number of carboxylic acid groups (broad SMARTS) is 4. The van der Waals surface area contributed by atoms with Crippen LogP contribution < -0.4 is 76.1 Å². The predicted octanol–water partition coefficient (Wildman–Crippen LogP) is -0.415. The summed E-state index contributed by atoms with van der Waals surface area (Å²) in [5, 5.41) is 73.3. The van der Waals surface area contributed by atoms with Crippen molar-refractivity contribution in [2.45, 2.75) is 146 Å². The Hall–Kier alpha value is -11.2. The molecule has 5 rings (SSSR count). The number of hydrogen-bond donors (Lipinski definition) is 18. The lowest BCUT2D eigenvalue weighted by Crippen LogP contribution is -2.54.